The number of aromatic amines is 1. The third-order valence-electron chi connectivity index (χ3n) is 4.85. The maximum absolute atomic E-state index is 13.5. The number of hydrogen-bond donors (Lipinski definition) is 1. The minimum absolute atomic E-state index is 0.127. The van der Waals surface area contributed by atoms with E-state index in [-0.39, 0.29) is 5.56 Å². The number of unbranched alkanes of at least 4 members (excludes halogenated alkanes) is 1. The number of hydrogen-bond acceptors (Lipinski definition) is 5. The smallest absolute Gasteiger partial charge is 0.283 e. The minimum Gasteiger partial charge on any atom is -0.493 e. The number of para-hydroxylation sites is 1. The van der Waals surface area contributed by atoms with Crippen LogP contribution in [0.4, 0.5) is 0 Å². The monoisotopic (exact) mass is 409 g/mol. The highest BCUT2D eigenvalue weighted by Gasteiger charge is 2.18. The number of nitrogens with one attached hydrogen (secondary N) is 1. The lowest BCUT2D eigenvalue weighted by atomic mass is 10.2. The van der Waals surface area contributed by atoms with Crippen LogP contribution >= 0.6 is 11.8 Å². The first-order chi connectivity index (χ1) is 14.2. The molecule has 0 amide bonds. The van der Waals surface area contributed by atoms with Gasteiger partial charge in [0.1, 0.15) is 11.0 Å². The second kappa shape index (κ2) is 8.21. The lowest BCUT2D eigenvalue weighted by molar-refractivity contribution is 0.354. The summed E-state index contributed by atoms with van der Waals surface area (Å²) >= 11 is 1.60. The van der Waals surface area contributed by atoms with Crippen LogP contribution in [0.5, 0.6) is 11.5 Å². The third-order valence-corrected chi connectivity index (χ3v) is 5.87. The molecule has 0 spiro atoms. The van der Waals surface area contributed by atoms with Crippen molar-refractivity contribution in [1.29, 1.82) is 0 Å². The Morgan fingerprint density at radius 1 is 1.10 bits per heavy atom. The van der Waals surface area contributed by atoms with Crippen molar-refractivity contribution in [3.05, 3.63) is 52.8 Å². The SMILES string of the molecule is CCCCSc1nc2c([nH]c3ccccc32)c(=O)n1-c1ccc(OC)c(OC)c1. The Labute approximate surface area is 172 Å². The van der Waals surface area contributed by atoms with Crippen LogP contribution in [-0.4, -0.2) is 34.5 Å². The molecule has 0 radical (unpaired) electrons. The van der Waals surface area contributed by atoms with E-state index in [1.807, 2.05) is 30.3 Å². The molecule has 0 saturated heterocycles. The minimum atomic E-state index is -0.127. The third kappa shape index (κ3) is 3.46. The van der Waals surface area contributed by atoms with Gasteiger partial charge in [0.25, 0.3) is 5.56 Å². The summed E-state index contributed by atoms with van der Waals surface area (Å²) in [5.74, 6) is 2.08. The standard InChI is InChI=1S/C22H23N3O3S/c1-4-5-12-29-22-24-19-15-8-6-7-9-16(15)23-20(19)21(26)25(22)14-10-11-17(27-2)18(13-14)28-3/h6-11,13,23H,4-5,12H2,1-3H3. The summed E-state index contributed by atoms with van der Waals surface area (Å²) in [6.07, 6.45) is 2.14. The molecular formula is C22H23N3O3S. The van der Waals surface area contributed by atoms with Crippen LogP contribution in [-0.2, 0) is 0 Å². The van der Waals surface area contributed by atoms with Crippen molar-refractivity contribution >= 4 is 33.7 Å². The predicted molar refractivity (Wildman–Crippen MR) is 118 cm³/mol. The van der Waals surface area contributed by atoms with Gasteiger partial charge in [0.2, 0.25) is 0 Å². The van der Waals surface area contributed by atoms with E-state index in [4.69, 9.17) is 14.5 Å². The van der Waals surface area contributed by atoms with Gasteiger partial charge >= 0.3 is 0 Å². The van der Waals surface area contributed by atoms with E-state index in [0.29, 0.717) is 33.4 Å². The van der Waals surface area contributed by atoms with Crippen molar-refractivity contribution < 1.29 is 9.47 Å². The Morgan fingerprint density at radius 3 is 2.66 bits per heavy atom. The van der Waals surface area contributed by atoms with Crippen molar-refractivity contribution in [2.75, 3.05) is 20.0 Å². The molecule has 2 heterocycles. The molecule has 150 valence electrons. The van der Waals surface area contributed by atoms with Gasteiger partial charge in [-0.05, 0) is 24.6 Å². The molecule has 0 fully saturated rings. The zero-order valence-corrected chi connectivity index (χ0v) is 17.5. The van der Waals surface area contributed by atoms with Gasteiger partial charge in [-0.1, -0.05) is 43.3 Å². The van der Waals surface area contributed by atoms with Gasteiger partial charge in [0, 0.05) is 22.7 Å². The van der Waals surface area contributed by atoms with Crippen molar-refractivity contribution in [3.63, 3.8) is 0 Å². The average Bonchev–Trinajstić information content (AvgIpc) is 3.13. The van der Waals surface area contributed by atoms with Gasteiger partial charge < -0.3 is 14.5 Å². The number of methoxy groups -OCH3 is 2. The zero-order chi connectivity index (χ0) is 20.4. The first-order valence-electron chi connectivity index (χ1n) is 9.56. The molecule has 0 bridgehead atoms. The van der Waals surface area contributed by atoms with Gasteiger partial charge in [0.15, 0.2) is 16.7 Å². The first kappa shape index (κ1) is 19.4. The van der Waals surface area contributed by atoms with Crippen molar-refractivity contribution in [2.24, 2.45) is 0 Å². The summed E-state index contributed by atoms with van der Waals surface area (Å²) in [6.45, 7) is 2.15. The van der Waals surface area contributed by atoms with Crippen LogP contribution in [0.2, 0.25) is 0 Å². The quantitative estimate of drug-likeness (QED) is 0.270. The van der Waals surface area contributed by atoms with E-state index in [0.717, 1.165) is 29.5 Å². The predicted octanol–water partition coefficient (Wildman–Crippen LogP) is 4.78. The van der Waals surface area contributed by atoms with Crippen LogP contribution in [0.15, 0.2) is 52.4 Å². The number of nitrogens with zero attached hydrogens (tertiary/aromatic N) is 2. The molecule has 4 aromatic rings. The van der Waals surface area contributed by atoms with Gasteiger partial charge in [-0.25, -0.2) is 4.98 Å². The molecule has 7 heteroatoms. The van der Waals surface area contributed by atoms with Crippen LogP contribution in [0.3, 0.4) is 0 Å². The van der Waals surface area contributed by atoms with Crippen LogP contribution in [0.25, 0.3) is 27.6 Å². The molecule has 4 rings (SSSR count). The molecule has 6 nitrogen and oxygen atoms in total. The van der Waals surface area contributed by atoms with Crippen molar-refractivity contribution in [1.82, 2.24) is 14.5 Å². The fraction of sp³-hybridized carbons (Fsp3) is 0.273. The van der Waals surface area contributed by atoms with E-state index in [9.17, 15) is 4.79 Å². The number of rotatable bonds is 7. The number of fused-ring (bicyclic) bond motifs is 3. The molecule has 0 aliphatic carbocycles. The van der Waals surface area contributed by atoms with E-state index in [1.54, 1.807) is 42.7 Å². The number of ether oxygens (including phenoxy) is 2. The van der Waals surface area contributed by atoms with Crippen LogP contribution < -0.4 is 15.0 Å². The topological polar surface area (TPSA) is 69.1 Å². The van der Waals surface area contributed by atoms with E-state index < -0.39 is 0 Å². The highest BCUT2D eigenvalue weighted by atomic mass is 32.2. The van der Waals surface area contributed by atoms with Gasteiger partial charge in [-0.2, -0.15) is 0 Å². The van der Waals surface area contributed by atoms with E-state index in [1.165, 1.54) is 0 Å². The van der Waals surface area contributed by atoms with Crippen molar-refractivity contribution in [3.8, 4) is 17.2 Å². The Morgan fingerprint density at radius 2 is 1.90 bits per heavy atom. The van der Waals surface area contributed by atoms with Crippen LogP contribution in [0.1, 0.15) is 19.8 Å². The fourth-order valence-electron chi connectivity index (χ4n) is 3.34. The first-order valence-corrected chi connectivity index (χ1v) is 10.5. The average molecular weight is 410 g/mol. The molecule has 2 aromatic carbocycles. The summed E-state index contributed by atoms with van der Waals surface area (Å²) in [5, 5.41) is 1.63. The Bertz CT molecular complexity index is 1230. The van der Waals surface area contributed by atoms with Gasteiger partial charge in [0.05, 0.1) is 19.9 Å². The normalized spacial score (nSPS) is 11.3. The number of benzene rings is 2. The van der Waals surface area contributed by atoms with E-state index >= 15 is 0 Å². The van der Waals surface area contributed by atoms with Gasteiger partial charge in [-0.3, -0.25) is 9.36 Å². The summed E-state index contributed by atoms with van der Waals surface area (Å²) in [6, 6.07) is 13.3. The summed E-state index contributed by atoms with van der Waals surface area (Å²) < 4.78 is 12.4. The molecule has 0 aliphatic heterocycles. The largest absolute Gasteiger partial charge is 0.493 e. The maximum Gasteiger partial charge on any atom is 0.283 e. The Balaban J connectivity index is 1.98. The number of H-pyrrole nitrogens is 1. The highest BCUT2D eigenvalue weighted by molar-refractivity contribution is 7.99. The van der Waals surface area contributed by atoms with E-state index in [2.05, 4.69) is 11.9 Å². The summed E-state index contributed by atoms with van der Waals surface area (Å²) in [4.78, 5) is 21.6. The van der Waals surface area contributed by atoms with Crippen molar-refractivity contribution in [2.45, 2.75) is 24.9 Å². The molecule has 2 aromatic heterocycles. The second-order valence-electron chi connectivity index (χ2n) is 6.67. The molecule has 0 atom stereocenters. The molecule has 0 aliphatic rings. The molecule has 29 heavy (non-hydrogen) atoms. The molecule has 0 saturated carbocycles. The lowest BCUT2D eigenvalue weighted by Gasteiger charge is -2.14. The van der Waals surface area contributed by atoms with Gasteiger partial charge in [-0.15, -0.1) is 0 Å². The van der Waals surface area contributed by atoms with Crippen LogP contribution in [0, 0.1) is 0 Å². The number of thioether (sulfide) groups is 1. The summed E-state index contributed by atoms with van der Waals surface area (Å²) in [5.41, 5.74) is 2.68. The fourth-order valence-corrected chi connectivity index (χ4v) is 4.43. The molecular weight excluding hydrogens is 386 g/mol. The summed E-state index contributed by atoms with van der Waals surface area (Å²) in [7, 11) is 3.17. The second-order valence-corrected chi connectivity index (χ2v) is 7.73. The highest BCUT2D eigenvalue weighted by Crippen LogP contribution is 2.31. The molecule has 1 N–H and O–H groups in total. The maximum atomic E-state index is 13.5. The molecule has 0 unspecified atom stereocenters. The lowest BCUT2D eigenvalue weighted by Crippen LogP contribution is -2.22. The zero-order valence-electron chi connectivity index (χ0n) is 16.7. The Kier molecular flexibility index (Phi) is 5.49. The Hall–Kier alpha value is -2.93. The number of aromatic nitrogens is 3.